The molecule has 2 aromatic rings. The molecular weight excluding hydrogens is 344 g/mol. The fraction of sp³-hybridized carbons (Fsp3) is 0.529. The second-order valence-electron chi connectivity index (χ2n) is 6.63. The Morgan fingerprint density at radius 2 is 1.75 bits per heavy atom. The van der Waals surface area contributed by atoms with Crippen LogP contribution in [0, 0.1) is 10.8 Å². The van der Waals surface area contributed by atoms with Gasteiger partial charge < -0.3 is 9.32 Å². The third kappa shape index (κ3) is 4.45. The molecule has 24 heavy (non-hydrogen) atoms. The van der Waals surface area contributed by atoms with Gasteiger partial charge >= 0.3 is 0 Å². The highest BCUT2D eigenvalue weighted by Gasteiger charge is 2.19. The maximum absolute atomic E-state index is 5.92. The first-order chi connectivity index (χ1) is 11.5. The van der Waals surface area contributed by atoms with Gasteiger partial charge in [0.25, 0.3) is 4.84 Å². The van der Waals surface area contributed by atoms with Crippen molar-refractivity contribution in [2.24, 2.45) is 5.92 Å². The van der Waals surface area contributed by atoms with Crippen LogP contribution in [0.1, 0.15) is 13.8 Å². The molecule has 0 spiro atoms. The normalized spacial score (nSPS) is 16.8. The Bertz CT molecular complexity index is 717. The van der Waals surface area contributed by atoms with E-state index in [-0.39, 0.29) is 0 Å². The van der Waals surface area contributed by atoms with E-state index in [9.17, 15) is 0 Å². The van der Waals surface area contributed by atoms with Gasteiger partial charge in [-0.3, -0.25) is 4.90 Å². The van der Waals surface area contributed by atoms with E-state index in [0.29, 0.717) is 28.3 Å². The van der Waals surface area contributed by atoms with E-state index in [4.69, 9.17) is 28.2 Å². The second-order valence-corrected chi connectivity index (χ2v) is 7.42. The average Bonchev–Trinajstić information content (AvgIpc) is 2.90. The maximum atomic E-state index is 5.92. The van der Waals surface area contributed by atoms with E-state index in [1.54, 1.807) is 4.68 Å². The van der Waals surface area contributed by atoms with Gasteiger partial charge in [0, 0.05) is 43.3 Å². The molecule has 1 aromatic heterocycles. The zero-order chi connectivity index (χ0) is 17.1. The molecule has 1 saturated heterocycles. The van der Waals surface area contributed by atoms with Crippen LogP contribution in [0.3, 0.4) is 0 Å². The van der Waals surface area contributed by atoms with Gasteiger partial charge in [-0.2, -0.15) is 0 Å². The fourth-order valence-electron chi connectivity index (χ4n) is 2.92. The van der Waals surface area contributed by atoms with Gasteiger partial charge in [-0.25, -0.2) is 4.68 Å². The van der Waals surface area contributed by atoms with Gasteiger partial charge in [0.15, 0.2) is 0 Å². The molecule has 0 aliphatic carbocycles. The number of hydrogen-bond donors (Lipinski definition) is 0. The molecule has 1 aliphatic heterocycles. The summed E-state index contributed by atoms with van der Waals surface area (Å²) in [5, 5.41) is 5.21. The Labute approximate surface area is 152 Å². The summed E-state index contributed by atoms with van der Waals surface area (Å²) in [5.41, 5.74) is 0.881. The monoisotopic (exact) mass is 366 g/mol. The third-order valence-electron chi connectivity index (χ3n) is 4.12. The third-order valence-corrected chi connectivity index (χ3v) is 4.67. The van der Waals surface area contributed by atoms with Gasteiger partial charge in [0.05, 0.1) is 6.67 Å². The summed E-state index contributed by atoms with van der Waals surface area (Å²) >= 11 is 11.2. The molecule has 0 radical (unpaired) electrons. The van der Waals surface area contributed by atoms with Crippen molar-refractivity contribution in [1.29, 1.82) is 0 Å². The Kier molecular flexibility index (Phi) is 5.71. The van der Waals surface area contributed by atoms with Crippen molar-refractivity contribution in [3.05, 3.63) is 34.1 Å². The summed E-state index contributed by atoms with van der Waals surface area (Å²) in [5.74, 6) is 1.25. The maximum Gasteiger partial charge on any atom is 0.288 e. The zero-order valence-corrected chi connectivity index (χ0v) is 15.7. The van der Waals surface area contributed by atoms with Crippen LogP contribution in [-0.4, -0.2) is 52.3 Å². The molecule has 0 atom stereocenters. The van der Waals surface area contributed by atoms with Crippen molar-refractivity contribution in [3.63, 3.8) is 0 Å². The number of benzene rings is 1. The SMILES string of the molecule is CC(C)CN1CCN(Cn2nc(-c3ccc(Cl)cc3)oc2=S)CC1. The number of piperazine rings is 1. The van der Waals surface area contributed by atoms with Gasteiger partial charge in [-0.1, -0.05) is 25.4 Å². The van der Waals surface area contributed by atoms with Crippen LogP contribution in [0.5, 0.6) is 0 Å². The van der Waals surface area contributed by atoms with Crippen LogP contribution < -0.4 is 0 Å². The average molecular weight is 367 g/mol. The minimum absolute atomic E-state index is 0.407. The molecule has 2 heterocycles. The Hall–Kier alpha value is -1.21. The lowest BCUT2D eigenvalue weighted by molar-refractivity contribution is 0.0944. The van der Waals surface area contributed by atoms with Crippen LogP contribution in [0.2, 0.25) is 5.02 Å². The molecule has 130 valence electrons. The molecule has 1 aromatic carbocycles. The summed E-state index contributed by atoms with van der Waals surface area (Å²) in [7, 11) is 0. The topological polar surface area (TPSA) is 37.4 Å². The summed E-state index contributed by atoms with van der Waals surface area (Å²) in [6.45, 7) is 10.6. The smallest absolute Gasteiger partial charge is 0.288 e. The van der Waals surface area contributed by atoms with Gasteiger partial charge in [-0.15, -0.1) is 5.10 Å². The predicted octanol–water partition coefficient (Wildman–Crippen LogP) is 3.76. The molecular formula is C17H23ClN4OS. The van der Waals surface area contributed by atoms with Gasteiger partial charge in [0.2, 0.25) is 5.89 Å². The highest BCUT2D eigenvalue weighted by molar-refractivity contribution is 7.71. The summed E-state index contributed by atoms with van der Waals surface area (Å²) in [4.78, 5) is 5.29. The minimum atomic E-state index is 0.407. The lowest BCUT2D eigenvalue weighted by Crippen LogP contribution is -2.47. The molecule has 0 bridgehead atoms. The number of aromatic nitrogens is 2. The highest BCUT2D eigenvalue weighted by Crippen LogP contribution is 2.20. The van der Waals surface area contributed by atoms with Crippen molar-refractivity contribution in [3.8, 4) is 11.5 Å². The zero-order valence-electron chi connectivity index (χ0n) is 14.1. The first-order valence-corrected chi connectivity index (χ1v) is 9.08. The lowest BCUT2D eigenvalue weighted by atomic mass is 10.2. The van der Waals surface area contributed by atoms with E-state index in [0.717, 1.165) is 38.3 Å². The quantitative estimate of drug-likeness (QED) is 0.753. The van der Waals surface area contributed by atoms with Crippen molar-refractivity contribution in [2.45, 2.75) is 20.5 Å². The molecule has 0 N–H and O–H groups in total. The Morgan fingerprint density at radius 1 is 1.12 bits per heavy atom. The van der Waals surface area contributed by atoms with Gasteiger partial charge in [-0.05, 0) is 42.4 Å². The standard InChI is InChI=1S/C17H23ClN4OS/c1-13(2)11-20-7-9-21(10-8-20)12-22-17(24)23-16(19-22)14-3-5-15(18)6-4-14/h3-6,13H,7-12H2,1-2H3. The fourth-order valence-corrected chi connectivity index (χ4v) is 3.23. The number of nitrogens with zero attached hydrogens (tertiary/aromatic N) is 4. The Balaban J connectivity index is 1.62. The first kappa shape index (κ1) is 17.6. The van der Waals surface area contributed by atoms with Crippen LogP contribution in [0.25, 0.3) is 11.5 Å². The van der Waals surface area contributed by atoms with E-state index < -0.39 is 0 Å². The highest BCUT2D eigenvalue weighted by atomic mass is 35.5. The van der Waals surface area contributed by atoms with Gasteiger partial charge in [0.1, 0.15) is 0 Å². The second kappa shape index (κ2) is 7.78. The van der Waals surface area contributed by atoms with Crippen LogP contribution in [0.4, 0.5) is 0 Å². The van der Waals surface area contributed by atoms with Crippen molar-refractivity contribution in [2.75, 3.05) is 32.7 Å². The predicted molar refractivity (Wildman–Crippen MR) is 98.6 cm³/mol. The number of hydrogen-bond acceptors (Lipinski definition) is 5. The van der Waals surface area contributed by atoms with E-state index in [1.807, 2.05) is 24.3 Å². The number of halogens is 1. The summed E-state index contributed by atoms with van der Waals surface area (Å²) < 4.78 is 7.40. The first-order valence-electron chi connectivity index (χ1n) is 8.30. The molecule has 3 rings (SSSR count). The lowest BCUT2D eigenvalue weighted by Gasteiger charge is -2.35. The van der Waals surface area contributed by atoms with Crippen molar-refractivity contribution in [1.82, 2.24) is 19.6 Å². The van der Waals surface area contributed by atoms with E-state index >= 15 is 0 Å². The van der Waals surface area contributed by atoms with Crippen molar-refractivity contribution < 1.29 is 4.42 Å². The summed E-state index contributed by atoms with van der Waals surface area (Å²) in [6, 6.07) is 7.42. The number of rotatable bonds is 5. The molecule has 1 fully saturated rings. The molecule has 7 heteroatoms. The molecule has 0 saturated carbocycles. The van der Waals surface area contributed by atoms with Crippen LogP contribution in [-0.2, 0) is 6.67 Å². The van der Waals surface area contributed by atoms with Crippen LogP contribution >= 0.6 is 23.8 Å². The summed E-state index contributed by atoms with van der Waals surface area (Å²) in [6.07, 6.45) is 0. The van der Waals surface area contributed by atoms with Crippen molar-refractivity contribution >= 4 is 23.8 Å². The van der Waals surface area contributed by atoms with E-state index in [2.05, 4.69) is 28.7 Å². The Morgan fingerprint density at radius 3 is 2.38 bits per heavy atom. The van der Waals surface area contributed by atoms with E-state index in [1.165, 1.54) is 0 Å². The largest absolute Gasteiger partial charge is 0.409 e. The van der Waals surface area contributed by atoms with Crippen LogP contribution in [0.15, 0.2) is 28.7 Å². The molecule has 0 amide bonds. The molecule has 5 nitrogen and oxygen atoms in total. The molecule has 1 aliphatic rings. The molecule has 0 unspecified atom stereocenters. The minimum Gasteiger partial charge on any atom is -0.409 e.